The molecule has 0 saturated carbocycles. The summed E-state index contributed by atoms with van der Waals surface area (Å²) in [6.07, 6.45) is 5.50. The molecule has 1 amide bonds. The highest BCUT2D eigenvalue weighted by molar-refractivity contribution is 6.36. The molecule has 0 fully saturated rings. The number of nitrogens with two attached hydrogens (primary N) is 1. The highest BCUT2D eigenvalue weighted by Gasteiger charge is 2.24. The monoisotopic (exact) mass is 441 g/mol. The average Bonchev–Trinajstić information content (AvgIpc) is 3.39. The zero-order valence-corrected chi connectivity index (χ0v) is 17.1. The second-order valence-electron chi connectivity index (χ2n) is 6.73. The molecule has 30 heavy (non-hydrogen) atoms. The molecule has 0 spiro atoms. The molecule has 1 atom stereocenters. The molecular formula is C21H17Cl2N5O2. The highest BCUT2D eigenvalue weighted by atomic mass is 35.5. The van der Waals surface area contributed by atoms with Crippen LogP contribution in [0, 0.1) is 0 Å². The summed E-state index contributed by atoms with van der Waals surface area (Å²) < 4.78 is 0. The molecule has 0 aliphatic heterocycles. The van der Waals surface area contributed by atoms with Gasteiger partial charge < -0.3 is 20.8 Å². The Morgan fingerprint density at radius 2 is 1.97 bits per heavy atom. The van der Waals surface area contributed by atoms with Gasteiger partial charge in [0, 0.05) is 34.7 Å². The fraction of sp³-hybridized carbons (Fsp3) is 0.0952. The topological polar surface area (TPSA) is 121 Å². The van der Waals surface area contributed by atoms with Gasteiger partial charge in [-0.3, -0.25) is 4.79 Å². The Balaban J connectivity index is 1.74. The smallest absolute Gasteiger partial charge is 0.249 e. The first kappa shape index (κ1) is 20.0. The van der Waals surface area contributed by atoms with Crippen LogP contribution in [0.1, 0.15) is 33.5 Å². The van der Waals surface area contributed by atoms with E-state index in [2.05, 4.69) is 15.0 Å². The van der Waals surface area contributed by atoms with Gasteiger partial charge >= 0.3 is 0 Å². The number of hydrogen-bond donors (Lipinski definition) is 4. The third kappa shape index (κ3) is 4.03. The van der Waals surface area contributed by atoms with Crippen LogP contribution in [0.25, 0.3) is 11.3 Å². The van der Waals surface area contributed by atoms with E-state index in [1.165, 1.54) is 12.1 Å². The first-order valence-corrected chi connectivity index (χ1v) is 9.79. The summed E-state index contributed by atoms with van der Waals surface area (Å²) in [5, 5.41) is 10.8. The Hall–Kier alpha value is -3.29. The number of rotatable bonds is 6. The molecule has 0 aliphatic carbocycles. The van der Waals surface area contributed by atoms with Crippen molar-refractivity contribution in [2.24, 2.45) is 5.73 Å². The lowest BCUT2D eigenvalue weighted by Gasteiger charge is -2.15. The maximum atomic E-state index is 11.9. The number of nitrogens with zero attached hydrogens (tertiary/aromatic N) is 2. The molecule has 5 N–H and O–H groups in total. The lowest BCUT2D eigenvalue weighted by Crippen LogP contribution is -2.16. The minimum absolute atomic E-state index is 0.0280. The summed E-state index contributed by atoms with van der Waals surface area (Å²) in [5.74, 6) is 0.338. The Morgan fingerprint density at radius 1 is 1.13 bits per heavy atom. The minimum atomic E-state index is -0.618. The Labute approximate surface area is 181 Å². The van der Waals surface area contributed by atoms with Crippen LogP contribution in [0.3, 0.4) is 0 Å². The normalized spacial score (nSPS) is 12.1. The molecule has 2 aromatic heterocycles. The van der Waals surface area contributed by atoms with Crippen LogP contribution >= 0.6 is 23.2 Å². The summed E-state index contributed by atoms with van der Waals surface area (Å²) in [7, 11) is 0. The molecule has 0 unspecified atom stereocenters. The van der Waals surface area contributed by atoms with Crippen molar-refractivity contribution in [1.82, 2.24) is 19.9 Å². The van der Waals surface area contributed by atoms with Gasteiger partial charge in [-0.25, -0.2) is 9.97 Å². The number of phenols is 1. The Bertz CT molecular complexity index is 1200. The van der Waals surface area contributed by atoms with Crippen molar-refractivity contribution >= 4 is 29.1 Å². The number of imidazole rings is 2. The van der Waals surface area contributed by atoms with E-state index in [1.54, 1.807) is 42.9 Å². The number of hydrogen-bond acceptors (Lipinski definition) is 4. The lowest BCUT2D eigenvalue weighted by atomic mass is 9.94. The van der Waals surface area contributed by atoms with Crippen LogP contribution in [0.2, 0.25) is 10.0 Å². The standard InChI is InChI=1S/C21H17Cl2N5O2/c22-12-2-4-14(17(23)8-12)18-10-27-21(28-18)16(20-25-5-6-26-20)7-11-1-3-13(29)9-15(11)19(24)30/h1-6,8-10,16,29H,7H2,(H2,24,30)(H,25,26)(H,27,28)/t16-/m0/s1. The molecule has 0 radical (unpaired) electrons. The van der Waals surface area contributed by atoms with Gasteiger partial charge in [0.15, 0.2) is 0 Å². The quantitative estimate of drug-likeness (QED) is 0.356. The fourth-order valence-corrected chi connectivity index (χ4v) is 3.84. The molecule has 0 bridgehead atoms. The number of aromatic hydroxyl groups is 1. The number of halogens is 2. The van der Waals surface area contributed by atoms with E-state index in [4.69, 9.17) is 33.9 Å². The zero-order chi connectivity index (χ0) is 21.3. The van der Waals surface area contributed by atoms with Gasteiger partial charge in [-0.1, -0.05) is 29.3 Å². The predicted molar refractivity (Wildman–Crippen MR) is 115 cm³/mol. The maximum Gasteiger partial charge on any atom is 0.249 e. The van der Waals surface area contributed by atoms with E-state index < -0.39 is 5.91 Å². The van der Waals surface area contributed by atoms with Crippen molar-refractivity contribution in [2.45, 2.75) is 12.3 Å². The number of primary amides is 1. The molecule has 152 valence electrons. The third-order valence-electron chi connectivity index (χ3n) is 4.77. The summed E-state index contributed by atoms with van der Waals surface area (Å²) >= 11 is 12.3. The number of phenolic OH excluding ortho intramolecular Hbond substituents is 1. The van der Waals surface area contributed by atoms with Crippen LogP contribution in [0.15, 0.2) is 55.0 Å². The van der Waals surface area contributed by atoms with E-state index in [-0.39, 0.29) is 17.2 Å². The molecule has 2 aromatic carbocycles. The average molecular weight is 442 g/mol. The van der Waals surface area contributed by atoms with Gasteiger partial charge in [0.1, 0.15) is 17.4 Å². The van der Waals surface area contributed by atoms with Crippen molar-refractivity contribution in [1.29, 1.82) is 0 Å². The van der Waals surface area contributed by atoms with E-state index in [0.29, 0.717) is 39.4 Å². The lowest BCUT2D eigenvalue weighted by molar-refractivity contribution is 0.0999. The minimum Gasteiger partial charge on any atom is -0.508 e. The van der Waals surface area contributed by atoms with Gasteiger partial charge in [-0.05, 0) is 42.3 Å². The van der Waals surface area contributed by atoms with Crippen molar-refractivity contribution < 1.29 is 9.90 Å². The number of aromatic amines is 2. The number of aromatic nitrogens is 4. The van der Waals surface area contributed by atoms with E-state index in [1.807, 2.05) is 0 Å². The third-order valence-corrected chi connectivity index (χ3v) is 5.32. The molecule has 4 aromatic rings. The predicted octanol–water partition coefficient (Wildman–Crippen LogP) is 4.29. The summed E-state index contributed by atoms with van der Waals surface area (Å²) in [6, 6.07) is 9.76. The van der Waals surface area contributed by atoms with Crippen LogP contribution in [0.4, 0.5) is 0 Å². The molecule has 2 heterocycles. The molecule has 9 heteroatoms. The van der Waals surface area contributed by atoms with Crippen molar-refractivity contribution in [3.8, 4) is 17.0 Å². The number of benzene rings is 2. The van der Waals surface area contributed by atoms with E-state index in [0.717, 1.165) is 5.56 Å². The van der Waals surface area contributed by atoms with Gasteiger partial charge in [0.2, 0.25) is 5.91 Å². The summed E-state index contributed by atoms with van der Waals surface area (Å²) in [5.41, 5.74) is 7.82. The second-order valence-corrected chi connectivity index (χ2v) is 7.58. The van der Waals surface area contributed by atoms with Crippen LogP contribution < -0.4 is 5.73 Å². The summed E-state index contributed by atoms with van der Waals surface area (Å²) in [4.78, 5) is 27.2. The van der Waals surface area contributed by atoms with Crippen LogP contribution in [0.5, 0.6) is 5.75 Å². The van der Waals surface area contributed by atoms with Gasteiger partial charge in [-0.2, -0.15) is 0 Å². The Kier molecular flexibility index (Phi) is 5.48. The Morgan fingerprint density at radius 3 is 2.67 bits per heavy atom. The van der Waals surface area contributed by atoms with Gasteiger partial charge in [0.25, 0.3) is 0 Å². The van der Waals surface area contributed by atoms with E-state index >= 15 is 0 Å². The summed E-state index contributed by atoms with van der Waals surface area (Å²) in [6.45, 7) is 0. The van der Waals surface area contributed by atoms with Gasteiger partial charge in [-0.15, -0.1) is 0 Å². The van der Waals surface area contributed by atoms with Crippen molar-refractivity contribution in [3.05, 3.63) is 87.8 Å². The van der Waals surface area contributed by atoms with Crippen molar-refractivity contribution in [3.63, 3.8) is 0 Å². The molecule has 4 rings (SSSR count). The molecular weight excluding hydrogens is 425 g/mol. The van der Waals surface area contributed by atoms with Crippen LogP contribution in [-0.2, 0) is 6.42 Å². The number of amides is 1. The zero-order valence-electron chi connectivity index (χ0n) is 15.6. The van der Waals surface area contributed by atoms with Crippen molar-refractivity contribution in [2.75, 3.05) is 0 Å². The fourth-order valence-electron chi connectivity index (χ4n) is 3.33. The van der Waals surface area contributed by atoms with Crippen LogP contribution in [-0.4, -0.2) is 30.9 Å². The second kappa shape index (κ2) is 8.22. The van der Waals surface area contributed by atoms with E-state index in [9.17, 15) is 9.90 Å². The largest absolute Gasteiger partial charge is 0.508 e. The number of carbonyl (C=O) groups excluding carboxylic acids is 1. The molecule has 0 aliphatic rings. The SMILES string of the molecule is NC(=O)c1cc(O)ccc1C[C@@H](c1ncc[nH]1)c1nc(-c2ccc(Cl)cc2Cl)c[nH]1. The number of nitrogens with one attached hydrogen (secondary N) is 2. The number of H-pyrrole nitrogens is 2. The first-order chi connectivity index (χ1) is 14.4. The maximum absolute atomic E-state index is 11.9. The molecule has 0 saturated heterocycles. The molecule has 7 nitrogen and oxygen atoms in total. The highest BCUT2D eigenvalue weighted by Crippen LogP contribution is 2.32. The van der Waals surface area contributed by atoms with Gasteiger partial charge in [0.05, 0.1) is 16.6 Å². The number of carbonyl (C=O) groups is 1. The first-order valence-electron chi connectivity index (χ1n) is 9.04.